The zero-order valence-electron chi connectivity index (χ0n) is 9.45. The number of hydrogen-bond acceptors (Lipinski definition) is 2. The molecular weight excluding hydrogens is 202 g/mol. The van der Waals surface area contributed by atoms with Crippen molar-refractivity contribution < 1.29 is 4.42 Å². The predicted octanol–water partition coefficient (Wildman–Crippen LogP) is 1.73. The van der Waals surface area contributed by atoms with Crippen molar-refractivity contribution in [2.24, 2.45) is 4.99 Å². The SMILES string of the molecule is CN=C(NC)NCc1cc2ccccc2o1. The molecule has 0 radical (unpaired) electrons. The fourth-order valence-corrected chi connectivity index (χ4v) is 1.57. The van der Waals surface area contributed by atoms with Crippen molar-refractivity contribution in [3.05, 3.63) is 36.1 Å². The summed E-state index contributed by atoms with van der Waals surface area (Å²) in [6, 6.07) is 10.0. The van der Waals surface area contributed by atoms with Gasteiger partial charge in [0, 0.05) is 19.5 Å². The molecule has 16 heavy (non-hydrogen) atoms. The van der Waals surface area contributed by atoms with E-state index < -0.39 is 0 Å². The number of nitrogens with zero attached hydrogens (tertiary/aromatic N) is 1. The first kappa shape index (κ1) is 10.5. The molecule has 0 spiro atoms. The van der Waals surface area contributed by atoms with Gasteiger partial charge in [-0.25, -0.2) is 0 Å². The lowest BCUT2D eigenvalue weighted by molar-refractivity contribution is 0.539. The van der Waals surface area contributed by atoms with Crippen LogP contribution in [0.4, 0.5) is 0 Å². The summed E-state index contributed by atoms with van der Waals surface area (Å²) >= 11 is 0. The largest absolute Gasteiger partial charge is 0.459 e. The first-order valence-corrected chi connectivity index (χ1v) is 5.19. The van der Waals surface area contributed by atoms with Crippen LogP contribution in [-0.4, -0.2) is 20.1 Å². The molecule has 0 atom stereocenters. The maximum Gasteiger partial charge on any atom is 0.191 e. The lowest BCUT2D eigenvalue weighted by Gasteiger charge is -2.05. The van der Waals surface area contributed by atoms with Crippen molar-refractivity contribution in [1.82, 2.24) is 10.6 Å². The van der Waals surface area contributed by atoms with Crippen LogP contribution in [0.5, 0.6) is 0 Å². The highest BCUT2D eigenvalue weighted by atomic mass is 16.3. The summed E-state index contributed by atoms with van der Waals surface area (Å²) < 4.78 is 5.66. The third kappa shape index (κ3) is 2.16. The van der Waals surface area contributed by atoms with Gasteiger partial charge in [0.1, 0.15) is 11.3 Å². The topological polar surface area (TPSA) is 49.6 Å². The maximum absolute atomic E-state index is 5.66. The molecule has 0 saturated carbocycles. The van der Waals surface area contributed by atoms with Gasteiger partial charge in [-0.05, 0) is 12.1 Å². The monoisotopic (exact) mass is 217 g/mol. The Kier molecular flexibility index (Phi) is 3.10. The van der Waals surface area contributed by atoms with Gasteiger partial charge in [-0.15, -0.1) is 0 Å². The van der Waals surface area contributed by atoms with Crippen molar-refractivity contribution in [3.8, 4) is 0 Å². The molecule has 0 unspecified atom stereocenters. The first-order valence-electron chi connectivity index (χ1n) is 5.19. The number of rotatable bonds is 2. The molecule has 2 rings (SSSR count). The van der Waals surface area contributed by atoms with E-state index in [9.17, 15) is 0 Å². The van der Waals surface area contributed by atoms with E-state index in [1.54, 1.807) is 7.05 Å². The van der Waals surface area contributed by atoms with Crippen LogP contribution in [-0.2, 0) is 6.54 Å². The van der Waals surface area contributed by atoms with Crippen molar-refractivity contribution in [1.29, 1.82) is 0 Å². The third-order valence-electron chi connectivity index (χ3n) is 2.37. The molecule has 1 heterocycles. The third-order valence-corrected chi connectivity index (χ3v) is 2.37. The minimum absolute atomic E-state index is 0.627. The van der Waals surface area contributed by atoms with Crippen LogP contribution < -0.4 is 10.6 Å². The maximum atomic E-state index is 5.66. The van der Waals surface area contributed by atoms with E-state index >= 15 is 0 Å². The Hall–Kier alpha value is -1.97. The summed E-state index contributed by atoms with van der Waals surface area (Å²) in [5.41, 5.74) is 0.916. The Morgan fingerprint density at radius 2 is 2.19 bits per heavy atom. The zero-order chi connectivity index (χ0) is 11.4. The Morgan fingerprint density at radius 1 is 1.38 bits per heavy atom. The van der Waals surface area contributed by atoms with Crippen LogP contribution in [0.2, 0.25) is 0 Å². The van der Waals surface area contributed by atoms with Crippen molar-refractivity contribution in [2.45, 2.75) is 6.54 Å². The Bertz CT molecular complexity index is 469. The highest BCUT2D eigenvalue weighted by Crippen LogP contribution is 2.18. The average Bonchev–Trinajstić information content (AvgIpc) is 2.73. The highest BCUT2D eigenvalue weighted by molar-refractivity contribution is 5.80. The fourth-order valence-electron chi connectivity index (χ4n) is 1.57. The van der Waals surface area contributed by atoms with Gasteiger partial charge in [-0.1, -0.05) is 18.2 Å². The highest BCUT2D eigenvalue weighted by Gasteiger charge is 2.02. The van der Waals surface area contributed by atoms with Gasteiger partial charge in [0.2, 0.25) is 0 Å². The molecule has 0 amide bonds. The first-order chi connectivity index (χ1) is 7.83. The van der Waals surface area contributed by atoms with Gasteiger partial charge < -0.3 is 15.1 Å². The molecule has 4 heteroatoms. The molecule has 0 aliphatic heterocycles. The lowest BCUT2D eigenvalue weighted by atomic mass is 10.2. The van der Waals surface area contributed by atoms with Gasteiger partial charge in [-0.3, -0.25) is 4.99 Å². The predicted molar refractivity (Wildman–Crippen MR) is 65.5 cm³/mol. The number of para-hydroxylation sites is 1. The van der Waals surface area contributed by atoms with Crippen LogP contribution >= 0.6 is 0 Å². The summed E-state index contributed by atoms with van der Waals surface area (Å²) in [5, 5.41) is 7.22. The molecule has 0 saturated heterocycles. The number of nitrogens with one attached hydrogen (secondary N) is 2. The van der Waals surface area contributed by atoms with Gasteiger partial charge >= 0.3 is 0 Å². The molecular formula is C12H15N3O. The average molecular weight is 217 g/mol. The lowest BCUT2D eigenvalue weighted by Crippen LogP contribution is -2.33. The Morgan fingerprint density at radius 3 is 2.88 bits per heavy atom. The fraction of sp³-hybridized carbons (Fsp3) is 0.250. The second-order valence-electron chi connectivity index (χ2n) is 3.43. The van der Waals surface area contributed by atoms with Crippen LogP contribution in [0.15, 0.2) is 39.7 Å². The molecule has 4 nitrogen and oxygen atoms in total. The van der Waals surface area contributed by atoms with Crippen LogP contribution in [0.3, 0.4) is 0 Å². The smallest absolute Gasteiger partial charge is 0.191 e. The summed E-state index contributed by atoms with van der Waals surface area (Å²) in [4.78, 5) is 4.03. The van der Waals surface area contributed by atoms with Gasteiger partial charge in [0.15, 0.2) is 5.96 Å². The quantitative estimate of drug-likeness (QED) is 0.595. The molecule has 1 aromatic heterocycles. The Balaban J connectivity index is 2.10. The molecule has 1 aromatic carbocycles. The summed E-state index contributed by atoms with van der Waals surface area (Å²) in [6.45, 7) is 0.627. The summed E-state index contributed by atoms with van der Waals surface area (Å²) in [5.74, 6) is 1.65. The molecule has 84 valence electrons. The Labute approximate surface area is 94.4 Å². The van der Waals surface area contributed by atoms with Crippen molar-refractivity contribution >= 4 is 16.9 Å². The molecule has 0 aliphatic carbocycles. The molecule has 2 N–H and O–H groups in total. The van der Waals surface area contributed by atoms with E-state index in [-0.39, 0.29) is 0 Å². The zero-order valence-corrected chi connectivity index (χ0v) is 9.45. The normalized spacial score (nSPS) is 11.8. The van der Waals surface area contributed by atoms with Crippen LogP contribution in [0, 0.1) is 0 Å². The molecule has 0 bridgehead atoms. The number of hydrogen-bond donors (Lipinski definition) is 2. The van der Waals surface area contributed by atoms with Gasteiger partial charge in [0.05, 0.1) is 6.54 Å². The van der Waals surface area contributed by atoms with Crippen LogP contribution in [0.1, 0.15) is 5.76 Å². The van der Waals surface area contributed by atoms with Crippen molar-refractivity contribution in [2.75, 3.05) is 14.1 Å². The molecule has 2 aromatic rings. The number of aliphatic imine (C=N–C) groups is 1. The van der Waals surface area contributed by atoms with E-state index in [4.69, 9.17) is 4.42 Å². The number of benzene rings is 1. The second kappa shape index (κ2) is 4.70. The minimum Gasteiger partial charge on any atom is -0.459 e. The van der Waals surface area contributed by atoms with Crippen molar-refractivity contribution in [3.63, 3.8) is 0 Å². The summed E-state index contributed by atoms with van der Waals surface area (Å²) in [6.07, 6.45) is 0. The second-order valence-corrected chi connectivity index (χ2v) is 3.43. The number of furan rings is 1. The van der Waals surface area contributed by atoms with E-state index in [1.807, 2.05) is 37.4 Å². The van der Waals surface area contributed by atoms with E-state index in [2.05, 4.69) is 15.6 Å². The van der Waals surface area contributed by atoms with Gasteiger partial charge in [0.25, 0.3) is 0 Å². The summed E-state index contributed by atoms with van der Waals surface area (Å²) in [7, 11) is 3.56. The number of fused-ring (bicyclic) bond motifs is 1. The van der Waals surface area contributed by atoms with E-state index in [0.717, 1.165) is 22.7 Å². The molecule has 0 aliphatic rings. The van der Waals surface area contributed by atoms with E-state index in [0.29, 0.717) is 6.54 Å². The standard InChI is InChI=1S/C12H15N3O/c1-13-12(14-2)15-8-10-7-9-5-3-4-6-11(9)16-10/h3-7H,8H2,1-2H3,(H2,13,14,15). The van der Waals surface area contributed by atoms with Crippen LogP contribution in [0.25, 0.3) is 11.0 Å². The van der Waals surface area contributed by atoms with Gasteiger partial charge in [-0.2, -0.15) is 0 Å². The minimum atomic E-state index is 0.627. The van der Waals surface area contributed by atoms with E-state index in [1.165, 1.54) is 0 Å². The number of guanidine groups is 1. The molecule has 0 fully saturated rings.